The number of ether oxygens (including phenoxy) is 1. The maximum absolute atomic E-state index is 14.1. The number of fused-ring (bicyclic) bond motifs is 10. The predicted molar refractivity (Wildman–Crippen MR) is 155 cm³/mol. The summed E-state index contributed by atoms with van der Waals surface area (Å²) >= 11 is 0. The Bertz CT molecular complexity index is 1540. The van der Waals surface area contributed by atoms with Crippen LogP contribution in [0.15, 0.2) is 0 Å². The summed E-state index contributed by atoms with van der Waals surface area (Å²) in [5.74, 6) is 1.17. The van der Waals surface area contributed by atoms with Crippen molar-refractivity contribution in [3.8, 4) is 0 Å². The molecule has 0 bridgehead atoms. The molecule has 0 aromatic carbocycles. The van der Waals surface area contributed by atoms with Crippen LogP contribution >= 0.6 is 0 Å². The summed E-state index contributed by atoms with van der Waals surface area (Å²) in [6.07, 6.45) is 24.1. The maximum atomic E-state index is 14.1. The van der Waals surface area contributed by atoms with E-state index in [4.69, 9.17) is 4.74 Å². The SMILES string of the molecule is CCCCCCCCCCCCCCCCCC(=O)[C]12[CH]3[CH]4[CH]5[CH]1[Fe]45321678[CH]2[CH]1[CH]6[C]7(C(=O)CCCCC(=O)OC)[CH]28. The molecule has 10 aliphatic rings. The van der Waals surface area contributed by atoms with Crippen molar-refractivity contribution in [3.05, 3.63) is 0 Å². The molecular formula is C35H54FeO4. The number of methoxy groups -OCH3 is 1. The first kappa shape index (κ1) is 24.7. The van der Waals surface area contributed by atoms with Crippen molar-refractivity contribution in [2.75, 3.05) is 7.11 Å². The van der Waals surface area contributed by atoms with E-state index in [2.05, 4.69) is 6.92 Å². The second kappa shape index (κ2) is 4.39. The van der Waals surface area contributed by atoms with Crippen LogP contribution in [-0.4, -0.2) is 24.6 Å². The molecule has 4 nitrogen and oxygen atoms in total. The summed E-state index contributed by atoms with van der Waals surface area (Å²) in [5.41, 5.74) is 0. The summed E-state index contributed by atoms with van der Waals surface area (Å²) in [7, 11) is 1.44. The van der Waals surface area contributed by atoms with Crippen molar-refractivity contribution < 1.29 is 25.6 Å². The van der Waals surface area contributed by atoms with Crippen LogP contribution < -0.4 is 0 Å². The minimum atomic E-state index is -4.01. The topological polar surface area (TPSA) is 60.4 Å². The Labute approximate surface area is 232 Å². The molecule has 10 saturated heterocycles. The number of unbranched alkanes of at least 4 members (excludes halogenated alkanes) is 15. The van der Waals surface area contributed by atoms with Gasteiger partial charge >= 0.3 is 187 Å². The van der Waals surface area contributed by atoms with Gasteiger partial charge in [0.2, 0.25) is 0 Å². The van der Waals surface area contributed by atoms with Gasteiger partial charge in [-0.05, 0) is 0 Å². The van der Waals surface area contributed by atoms with Crippen LogP contribution in [0.2, 0.25) is 47.2 Å². The van der Waals surface area contributed by atoms with E-state index in [0.29, 0.717) is 24.4 Å². The second-order valence-corrected chi connectivity index (χ2v) is 41.3. The fourth-order valence-electron chi connectivity index (χ4n) is 21.8. The number of rotatable bonds is 23. The van der Waals surface area contributed by atoms with E-state index in [9.17, 15) is 14.4 Å². The monoisotopic (exact) mass is 594 g/mol. The van der Waals surface area contributed by atoms with Crippen molar-refractivity contribution in [1.82, 2.24) is 0 Å². The number of carbonyl (C=O) groups is 3. The van der Waals surface area contributed by atoms with Gasteiger partial charge in [-0.1, -0.05) is 45.4 Å². The zero-order chi connectivity index (χ0) is 27.5. The third-order valence-corrected chi connectivity index (χ3v) is 63.7. The molecule has 0 aliphatic carbocycles. The first-order valence-electron chi connectivity index (χ1n) is 17.6. The van der Waals surface area contributed by atoms with Gasteiger partial charge in [-0.2, -0.15) is 0 Å². The Morgan fingerprint density at radius 1 is 0.525 bits per heavy atom. The second-order valence-electron chi connectivity index (χ2n) is 18.1. The van der Waals surface area contributed by atoms with Crippen molar-refractivity contribution >= 4 is 17.5 Å². The van der Waals surface area contributed by atoms with Gasteiger partial charge in [-0.25, -0.2) is 0 Å². The van der Waals surface area contributed by atoms with Crippen molar-refractivity contribution in [3.63, 3.8) is 0 Å². The molecule has 226 valence electrons. The zero-order valence-electron chi connectivity index (χ0n) is 25.2. The standard InChI is InChI=1S/C23H39O.C12H15O3.Fe/c1-2-3-4-5-6-7-8-9-10-11-12-13-14-15-16-21-23(24)22-19-17-18-20-22;1-15-12(14)9-5-4-8-11(13)10-6-2-3-7-10;/h17-20H,2-16,21H2,1H3;2-3,6-7H,4-5,8-9H2,1H3;. The van der Waals surface area contributed by atoms with Crippen LogP contribution in [0.25, 0.3) is 0 Å². The molecule has 0 radical (unpaired) electrons. The average Bonchev–Trinajstić information content (AvgIpc) is 3.90. The van der Waals surface area contributed by atoms with Gasteiger partial charge in [0.25, 0.3) is 0 Å². The van der Waals surface area contributed by atoms with Gasteiger partial charge in [0, 0.05) is 0 Å². The number of Topliss-reactive ketones (excluding diaryl/α,β-unsaturated/α-hetero) is 2. The van der Waals surface area contributed by atoms with Crippen LogP contribution in [0.3, 0.4) is 0 Å². The number of hydrogen-bond donors (Lipinski definition) is 0. The van der Waals surface area contributed by atoms with Crippen LogP contribution in [0.5, 0.6) is 0 Å². The van der Waals surface area contributed by atoms with Crippen LogP contribution in [0.4, 0.5) is 0 Å². The quantitative estimate of drug-likeness (QED) is 0.0671. The Morgan fingerprint density at radius 3 is 1.20 bits per heavy atom. The molecule has 8 atom stereocenters. The zero-order valence-corrected chi connectivity index (χ0v) is 26.4. The number of ketones is 2. The first-order chi connectivity index (χ1) is 19.3. The molecule has 0 aromatic rings. The number of esters is 1. The van der Waals surface area contributed by atoms with E-state index >= 15 is 0 Å². The molecule has 10 fully saturated rings. The molecule has 10 aliphatic heterocycles. The van der Waals surface area contributed by atoms with E-state index in [1.807, 2.05) is 0 Å². The van der Waals surface area contributed by atoms with E-state index in [0.717, 1.165) is 64.2 Å². The average molecular weight is 595 g/mol. The van der Waals surface area contributed by atoms with E-state index in [-0.39, 0.29) is 14.6 Å². The molecular weight excluding hydrogens is 540 g/mol. The minimum absolute atomic E-state index is 0.143. The van der Waals surface area contributed by atoms with Gasteiger partial charge in [0.1, 0.15) is 0 Å². The molecule has 1 spiro atoms. The van der Waals surface area contributed by atoms with Crippen LogP contribution in [-0.2, 0) is 25.6 Å². The Kier molecular flexibility index (Phi) is 2.71. The fourth-order valence-corrected chi connectivity index (χ4v) is 97.8. The first-order valence-corrected chi connectivity index (χ1v) is 23.8. The molecule has 0 amide bonds. The Morgan fingerprint density at radius 2 is 0.850 bits per heavy atom. The summed E-state index contributed by atoms with van der Waals surface area (Å²) in [6.45, 7) is -1.72. The summed E-state index contributed by atoms with van der Waals surface area (Å²) in [4.78, 5) is 46.9. The van der Waals surface area contributed by atoms with Gasteiger partial charge in [-0.3, -0.25) is 0 Å². The molecule has 8 unspecified atom stereocenters. The molecule has 10 heterocycles. The Hall–Kier alpha value is -0.671. The van der Waals surface area contributed by atoms with Crippen molar-refractivity contribution in [2.45, 2.75) is 182 Å². The molecule has 0 N–H and O–H groups in total. The van der Waals surface area contributed by atoms with Gasteiger partial charge in [0.05, 0.1) is 0 Å². The third-order valence-electron chi connectivity index (χ3n) is 20.9. The Balaban J connectivity index is 0.690. The summed E-state index contributed by atoms with van der Waals surface area (Å²) in [5, 5.41) is 0. The van der Waals surface area contributed by atoms with Gasteiger partial charge in [0.15, 0.2) is 0 Å². The predicted octanol–water partition coefficient (Wildman–Crippen LogP) is 10.2. The van der Waals surface area contributed by atoms with Gasteiger partial charge < -0.3 is 0 Å². The van der Waals surface area contributed by atoms with Crippen LogP contribution in [0.1, 0.15) is 135 Å². The number of hydrogen-bond acceptors (Lipinski definition) is 4. The molecule has 0 saturated carbocycles. The number of carbonyl (C=O) groups excluding carboxylic acids is 3. The third kappa shape index (κ3) is 0.711. The van der Waals surface area contributed by atoms with E-state index in [1.165, 1.54) is 97.0 Å². The summed E-state index contributed by atoms with van der Waals surface area (Å²) in [6, 6.07) is 0. The van der Waals surface area contributed by atoms with Crippen molar-refractivity contribution in [1.29, 1.82) is 0 Å². The van der Waals surface area contributed by atoms with Gasteiger partial charge in [-0.15, -0.1) is 0 Å². The molecule has 10 rings (SSSR count). The van der Waals surface area contributed by atoms with Crippen LogP contribution in [0, 0.1) is 0 Å². The normalized spacial score (nSPS) is 59.0. The fraction of sp³-hybridized carbons (Fsp3) is 0.914. The van der Waals surface area contributed by atoms with Crippen molar-refractivity contribution in [2.24, 2.45) is 0 Å². The summed E-state index contributed by atoms with van der Waals surface area (Å²) < 4.78 is 5.11. The molecule has 40 heavy (non-hydrogen) atoms. The van der Waals surface area contributed by atoms with E-state index < -0.39 is 6.51 Å². The van der Waals surface area contributed by atoms with E-state index in [1.54, 1.807) is 0 Å². The molecule has 5 heteroatoms. The molecule has 0 aromatic heterocycles.